The number of nitrogens with one attached hydrogen (secondary N) is 3. The van der Waals surface area contributed by atoms with E-state index in [4.69, 9.17) is 27.5 Å². The Morgan fingerprint density at radius 3 is 2.28 bits per heavy atom. The fraction of sp³-hybridized carbons (Fsp3) is 0.474. The summed E-state index contributed by atoms with van der Waals surface area (Å²) < 4.78 is 0. The smallest absolute Gasteiger partial charge is 0.357 e. The maximum absolute atomic E-state index is 13.6. The number of aromatic amines is 2. The van der Waals surface area contributed by atoms with Crippen molar-refractivity contribution >= 4 is 23.6 Å². The second-order valence-corrected chi connectivity index (χ2v) is 15.0. The summed E-state index contributed by atoms with van der Waals surface area (Å²) in [5.41, 5.74) is 5.82. The second kappa shape index (κ2) is 15.4. The van der Waals surface area contributed by atoms with E-state index in [1.807, 2.05) is 20.0 Å². The molecule has 4 aromatic rings. The lowest BCUT2D eigenvalue weighted by Gasteiger charge is -2.29. The molecule has 2 aliphatic rings. The van der Waals surface area contributed by atoms with E-state index in [1.165, 1.54) is 12.8 Å². The number of nitrogens with two attached hydrogens (primary N) is 1. The number of carbonyl (C=O) groups excluding carboxylic acids is 2. The van der Waals surface area contributed by atoms with Crippen LogP contribution in [0.5, 0.6) is 0 Å². The molecule has 266 valence electrons. The Bertz CT molecular complexity index is 1770. The topological polar surface area (TPSA) is 145 Å². The van der Waals surface area contributed by atoms with Crippen molar-refractivity contribution in [3.05, 3.63) is 71.5 Å². The van der Waals surface area contributed by atoms with Crippen molar-refractivity contribution in [1.82, 2.24) is 35.1 Å². The molecule has 5 N–H and O–H groups in total. The van der Waals surface area contributed by atoms with Gasteiger partial charge in [-0.15, -0.1) is 0 Å². The van der Waals surface area contributed by atoms with Crippen LogP contribution in [0.4, 0.5) is 4.79 Å². The van der Waals surface area contributed by atoms with Crippen molar-refractivity contribution in [3.63, 3.8) is 0 Å². The van der Waals surface area contributed by atoms with Crippen molar-refractivity contribution in [3.8, 4) is 33.6 Å². The lowest BCUT2D eigenvalue weighted by atomic mass is 10.0. The third-order valence-electron chi connectivity index (χ3n) is 10.1. The molecule has 6 rings (SSSR count). The quantitative estimate of drug-likeness (QED) is 0.119. The van der Waals surface area contributed by atoms with Gasteiger partial charge in [0, 0.05) is 12.1 Å². The van der Waals surface area contributed by atoms with Gasteiger partial charge in [0.25, 0.3) is 0 Å². The predicted octanol–water partition coefficient (Wildman–Crippen LogP) is 7.50. The monoisotopic (exact) mass is 700 g/mol. The fourth-order valence-corrected chi connectivity index (χ4v) is 7.51. The van der Waals surface area contributed by atoms with Crippen molar-refractivity contribution in [1.29, 1.82) is 0 Å². The number of benzene rings is 2. The summed E-state index contributed by atoms with van der Waals surface area (Å²) >= 11 is 6.70. The van der Waals surface area contributed by atoms with E-state index in [0.717, 1.165) is 71.2 Å². The highest BCUT2D eigenvalue weighted by Gasteiger charge is 2.40. The zero-order valence-corrected chi connectivity index (χ0v) is 30.3. The van der Waals surface area contributed by atoms with Crippen molar-refractivity contribution in [2.24, 2.45) is 23.7 Å². The minimum Gasteiger partial charge on any atom is -0.357 e. The third kappa shape index (κ3) is 7.75. The summed E-state index contributed by atoms with van der Waals surface area (Å²) in [7, 11) is 0. The molecule has 11 nitrogen and oxygen atoms in total. The zero-order chi connectivity index (χ0) is 35.5. The van der Waals surface area contributed by atoms with Crippen LogP contribution in [0.3, 0.4) is 0 Å². The molecular formula is C38H49ClN8O3. The summed E-state index contributed by atoms with van der Waals surface area (Å²) in [6.45, 7) is 13.2. The molecular weight excluding hydrogens is 652 g/mol. The van der Waals surface area contributed by atoms with E-state index in [1.54, 1.807) is 4.90 Å². The summed E-state index contributed by atoms with van der Waals surface area (Å²) in [4.78, 5) is 50.6. The van der Waals surface area contributed by atoms with Crippen molar-refractivity contribution < 1.29 is 14.4 Å². The average Bonchev–Trinajstić information content (AvgIpc) is 3.92. The van der Waals surface area contributed by atoms with Crippen LogP contribution >= 0.6 is 11.6 Å². The molecule has 0 spiro atoms. The average molecular weight is 701 g/mol. The minimum absolute atomic E-state index is 0.150. The van der Waals surface area contributed by atoms with Gasteiger partial charge in [-0.3, -0.25) is 9.69 Å². The van der Waals surface area contributed by atoms with Gasteiger partial charge in [-0.2, -0.15) is 5.90 Å². The van der Waals surface area contributed by atoms with Gasteiger partial charge in [0.15, 0.2) is 0 Å². The van der Waals surface area contributed by atoms with Crippen molar-refractivity contribution in [2.75, 3.05) is 19.6 Å². The Kier molecular flexibility index (Phi) is 11.0. The molecule has 0 aliphatic carbocycles. The van der Waals surface area contributed by atoms with Gasteiger partial charge in [0.2, 0.25) is 5.91 Å². The SMILES string of the molecule is CC(C)CCN1CCCC1c1nc(-c2ccc(-c3ccc(-c4cnc(C5CC(C)CN5C(=O)C(NC(=O)ON)C(C)C)[nH]4)cc3)cc2)c(Cl)[nH]1. The molecule has 4 heterocycles. The van der Waals surface area contributed by atoms with Gasteiger partial charge in [0.1, 0.15) is 28.5 Å². The Morgan fingerprint density at radius 1 is 0.980 bits per heavy atom. The van der Waals surface area contributed by atoms with Crippen LogP contribution in [0.2, 0.25) is 5.15 Å². The highest BCUT2D eigenvalue weighted by Crippen LogP contribution is 2.37. The van der Waals surface area contributed by atoms with Crippen LogP contribution in [-0.4, -0.2) is 67.4 Å². The lowest BCUT2D eigenvalue weighted by Crippen LogP contribution is -2.51. The van der Waals surface area contributed by atoms with Gasteiger partial charge >= 0.3 is 6.09 Å². The van der Waals surface area contributed by atoms with E-state index in [9.17, 15) is 9.59 Å². The molecule has 0 saturated carbocycles. The highest BCUT2D eigenvalue weighted by molar-refractivity contribution is 6.31. The number of imidazole rings is 2. The number of hydrogen-bond donors (Lipinski definition) is 4. The molecule has 2 fully saturated rings. The van der Waals surface area contributed by atoms with Crippen LogP contribution in [0.15, 0.2) is 54.7 Å². The van der Waals surface area contributed by atoms with Gasteiger partial charge < -0.3 is 25.0 Å². The summed E-state index contributed by atoms with van der Waals surface area (Å²) in [5.74, 6) is 7.33. The van der Waals surface area contributed by atoms with Crippen molar-refractivity contribution in [2.45, 2.75) is 78.4 Å². The van der Waals surface area contributed by atoms with Crippen LogP contribution in [0, 0.1) is 17.8 Å². The van der Waals surface area contributed by atoms with Crippen LogP contribution in [0.25, 0.3) is 33.6 Å². The van der Waals surface area contributed by atoms with E-state index in [-0.39, 0.29) is 29.8 Å². The first-order chi connectivity index (χ1) is 24.0. The highest BCUT2D eigenvalue weighted by atomic mass is 35.5. The first kappa shape index (κ1) is 35.6. The number of aromatic nitrogens is 4. The Balaban J connectivity index is 1.13. The maximum atomic E-state index is 13.6. The normalized spacial score (nSPS) is 20.2. The number of H-pyrrole nitrogens is 2. The number of hydrogen-bond acceptors (Lipinski definition) is 7. The van der Waals surface area contributed by atoms with E-state index >= 15 is 0 Å². The Hall–Kier alpha value is -4.19. The first-order valence-electron chi connectivity index (χ1n) is 17.8. The molecule has 50 heavy (non-hydrogen) atoms. The summed E-state index contributed by atoms with van der Waals surface area (Å²) in [6, 6.07) is 16.0. The largest absolute Gasteiger partial charge is 0.426 e. The number of likely N-dealkylation sites (tertiary alicyclic amines) is 2. The van der Waals surface area contributed by atoms with Crippen LogP contribution in [-0.2, 0) is 9.63 Å². The van der Waals surface area contributed by atoms with E-state index in [2.05, 4.69) is 94.3 Å². The number of carbonyl (C=O) groups is 2. The molecule has 2 aromatic heterocycles. The van der Waals surface area contributed by atoms with Gasteiger partial charge in [-0.05, 0) is 73.2 Å². The molecule has 4 unspecified atom stereocenters. The summed E-state index contributed by atoms with van der Waals surface area (Å²) in [5, 5.41) is 3.17. The molecule has 12 heteroatoms. The molecule has 2 aromatic carbocycles. The second-order valence-electron chi connectivity index (χ2n) is 14.6. The molecule has 2 amide bonds. The van der Waals surface area contributed by atoms with Gasteiger partial charge in [0.05, 0.1) is 24.0 Å². The first-order valence-corrected chi connectivity index (χ1v) is 18.1. The van der Waals surface area contributed by atoms with E-state index in [0.29, 0.717) is 17.6 Å². The van der Waals surface area contributed by atoms with E-state index < -0.39 is 12.1 Å². The maximum Gasteiger partial charge on any atom is 0.426 e. The molecule has 0 radical (unpaired) electrons. The van der Waals surface area contributed by atoms with Gasteiger partial charge in [-0.25, -0.2) is 14.8 Å². The number of amides is 2. The van der Waals surface area contributed by atoms with Crippen LogP contribution in [0.1, 0.15) is 84.0 Å². The molecule has 4 atom stereocenters. The number of nitrogens with zero attached hydrogens (tertiary/aromatic N) is 4. The minimum atomic E-state index is -0.834. The number of rotatable bonds is 11. The summed E-state index contributed by atoms with van der Waals surface area (Å²) in [6.07, 6.45) is 5.20. The third-order valence-corrected chi connectivity index (χ3v) is 10.3. The Labute approximate surface area is 299 Å². The predicted molar refractivity (Wildman–Crippen MR) is 196 cm³/mol. The Morgan fingerprint density at radius 2 is 1.64 bits per heavy atom. The molecule has 0 bridgehead atoms. The lowest BCUT2D eigenvalue weighted by molar-refractivity contribution is -0.135. The fourth-order valence-electron chi connectivity index (χ4n) is 7.26. The number of halogens is 1. The zero-order valence-electron chi connectivity index (χ0n) is 29.6. The van der Waals surface area contributed by atoms with Gasteiger partial charge in [-0.1, -0.05) is 94.8 Å². The molecule has 2 aliphatic heterocycles. The van der Waals surface area contributed by atoms with Crippen LogP contribution < -0.4 is 11.2 Å². The standard InChI is InChI=1S/C38H49ClN8O3/c1-22(2)16-18-46-17-6-7-30(46)36-43-33(34(39)45-36)28-14-10-26(11-15-28)25-8-12-27(13-9-25)29-20-41-35(42-29)31-19-24(5)21-47(31)37(48)32(23(3)4)44-38(49)50-40/h8-15,20,22-24,30-32H,6-7,16-19,21,40H2,1-5H3,(H,41,42)(H,43,45)(H,44,49). The molecule has 2 saturated heterocycles.